The fraction of sp³-hybridized carbons (Fsp3) is 0.286. The maximum Gasteiger partial charge on any atom is 0.407 e. The van der Waals surface area contributed by atoms with Gasteiger partial charge in [-0.3, -0.25) is 0 Å². The molecule has 0 bridgehead atoms. The van der Waals surface area contributed by atoms with Crippen molar-refractivity contribution in [2.45, 2.75) is 24.8 Å². The minimum atomic E-state index is -0.353. The van der Waals surface area contributed by atoms with Gasteiger partial charge in [0.2, 0.25) is 0 Å². The Morgan fingerprint density at radius 2 is 1.71 bits per heavy atom. The molecule has 0 spiro atoms. The summed E-state index contributed by atoms with van der Waals surface area (Å²) in [4.78, 5) is 12.1. The van der Waals surface area contributed by atoms with Gasteiger partial charge < -0.3 is 10.1 Å². The second-order valence-corrected chi connectivity index (χ2v) is 6.57. The molecule has 3 nitrogen and oxygen atoms in total. The zero-order valence-electron chi connectivity index (χ0n) is 13.6. The summed E-state index contributed by atoms with van der Waals surface area (Å²) in [6, 6.07) is 16.7. The maximum absolute atomic E-state index is 12.1. The van der Waals surface area contributed by atoms with Gasteiger partial charge in [-0.1, -0.05) is 54.6 Å². The fourth-order valence-corrected chi connectivity index (χ4v) is 3.60. The summed E-state index contributed by atoms with van der Waals surface area (Å²) in [7, 11) is 0. The zero-order valence-corrected chi connectivity index (χ0v) is 13.6. The number of amides is 1. The van der Waals surface area contributed by atoms with Gasteiger partial charge in [-0.25, -0.2) is 4.79 Å². The summed E-state index contributed by atoms with van der Waals surface area (Å²) >= 11 is 0. The molecule has 2 aliphatic carbocycles. The van der Waals surface area contributed by atoms with Gasteiger partial charge in [-0.15, -0.1) is 6.58 Å². The van der Waals surface area contributed by atoms with Crippen LogP contribution in [0.1, 0.15) is 29.9 Å². The number of benzene rings is 2. The molecule has 122 valence electrons. The van der Waals surface area contributed by atoms with Crippen molar-refractivity contribution < 1.29 is 9.53 Å². The lowest BCUT2D eigenvalue weighted by molar-refractivity contribution is 0.140. The molecule has 0 saturated heterocycles. The highest BCUT2D eigenvalue weighted by atomic mass is 16.5. The number of hydrogen-bond acceptors (Lipinski definition) is 2. The molecule has 4 rings (SSSR count). The van der Waals surface area contributed by atoms with E-state index in [4.69, 9.17) is 4.74 Å². The van der Waals surface area contributed by atoms with E-state index in [1.165, 1.54) is 22.3 Å². The maximum atomic E-state index is 12.1. The molecule has 1 atom stereocenters. The first kappa shape index (κ1) is 15.0. The van der Waals surface area contributed by atoms with Crippen LogP contribution in [0.4, 0.5) is 4.79 Å². The highest BCUT2D eigenvalue weighted by Gasteiger charge is 2.32. The Hall–Kier alpha value is -2.55. The largest absolute Gasteiger partial charge is 0.449 e. The molecule has 1 unspecified atom stereocenters. The number of nitrogens with one attached hydrogen (secondary N) is 1. The molecule has 0 aliphatic heterocycles. The third-order valence-corrected chi connectivity index (χ3v) is 5.01. The summed E-state index contributed by atoms with van der Waals surface area (Å²) in [5.74, 6) is 0.634. The lowest BCUT2D eigenvalue weighted by Crippen LogP contribution is -2.35. The van der Waals surface area contributed by atoms with Crippen molar-refractivity contribution in [2.24, 2.45) is 5.92 Å². The highest BCUT2D eigenvalue weighted by molar-refractivity contribution is 5.79. The van der Waals surface area contributed by atoms with E-state index in [2.05, 4.69) is 48.3 Å². The van der Waals surface area contributed by atoms with E-state index in [1.807, 2.05) is 12.1 Å². The Morgan fingerprint density at radius 3 is 2.25 bits per heavy atom. The van der Waals surface area contributed by atoms with Crippen LogP contribution in [-0.4, -0.2) is 18.7 Å². The molecule has 2 aliphatic rings. The fourth-order valence-electron chi connectivity index (χ4n) is 3.60. The SMILES string of the molecule is C=CC(NC(=O)OCC1c2ccccc2-c2ccccc21)C1CC1. The van der Waals surface area contributed by atoms with Crippen LogP contribution in [0.2, 0.25) is 0 Å². The van der Waals surface area contributed by atoms with Crippen LogP contribution in [0, 0.1) is 5.92 Å². The van der Waals surface area contributed by atoms with E-state index in [9.17, 15) is 4.79 Å². The van der Waals surface area contributed by atoms with Crippen LogP contribution in [0.3, 0.4) is 0 Å². The van der Waals surface area contributed by atoms with Crippen molar-refractivity contribution in [3.8, 4) is 11.1 Å². The minimum Gasteiger partial charge on any atom is -0.449 e. The number of carbonyl (C=O) groups excluding carboxylic acids is 1. The molecular formula is C21H21NO2. The average Bonchev–Trinajstić information content (AvgIpc) is 3.41. The van der Waals surface area contributed by atoms with Gasteiger partial charge in [0.05, 0.1) is 6.04 Å². The lowest BCUT2D eigenvalue weighted by Gasteiger charge is -2.17. The predicted molar refractivity (Wildman–Crippen MR) is 94.9 cm³/mol. The van der Waals surface area contributed by atoms with Gasteiger partial charge in [0.15, 0.2) is 0 Å². The van der Waals surface area contributed by atoms with Crippen LogP contribution in [0.25, 0.3) is 11.1 Å². The van der Waals surface area contributed by atoms with E-state index in [0.717, 1.165) is 12.8 Å². The first-order valence-corrected chi connectivity index (χ1v) is 8.52. The zero-order chi connectivity index (χ0) is 16.5. The van der Waals surface area contributed by atoms with E-state index >= 15 is 0 Å². The number of ether oxygens (including phenoxy) is 1. The first-order valence-electron chi connectivity index (χ1n) is 8.52. The Labute approximate surface area is 142 Å². The molecule has 2 aromatic carbocycles. The van der Waals surface area contributed by atoms with E-state index < -0.39 is 0 Å². The van der Waals surface area contributed by atoms with Crippen LogP contribution in [0.5, 0.6) is 0 Å². The first-order chi connectivity index (χ1) is 11.8. The summed E-state index contributed by atoms with van der Waals surface area (Å²) in [5, 5.41) is 2.92. The normalized spacial score (nSPS) is 16.8. The van der Waals surface area contributed by atoms with Crippen LogP contribution in [-0.2, 0) is 4.74 Å². The molecule has 2 aromatic rings. The third kappa shape index (κ3) is 2.71. The molecule has 1 fully saturated rings. The van der Waals surface area contributed by atoms with Crippen molar-refractivity contribution in [1.29, 1.82) is 0 Å². The summed E-state index contributed by atoms with van der Waals surface area (Å²) in [6.07, 6.45) is 3.76. The number of hydrogen-bond donors (Lipinski definition) is 1. The Morgan fingerprint density at radius 1 is 1.12 bits per heavy atom. The topological polar surface area (TPSA) is 38.3 Å². The number of carbonyl (C=O) groups is 1. The number of rotatable bonds is 5. The monoisotopic (exact) mass is 319 g/mol. The molecule has 1 N–H and O–H groups in total. The van der Waals surface area contributed by atoms with Gasteiger partial charge in [0.1, 0.15) is 6.61 Å². The molecule has 3 heteroatoms. The van der Waals surface area contributed by atoms with Crippen LogP contribution < -0.4 is 5.32 Å². The molecule has 1 amide bonds. The van der Waals surface area contributed by atoms with Gasteiger partial charge in [0.25, 0.3) is 0 Å². The molecule has 0 heterocycles. The lowest BCUT2D eigenvalue weighted by atomic mass is 9.98. The van der Waals surface area contributed by atoms with Gasteiger partial charge in [-0.2, -0.15) is 0 Å². The van der Waals surface area contributed by atoms with Crippen LogP contribution in [0.15, 0.2) is 61.2 Å². The van der Waals surface area contributed by atoms with Crippen LogP contribution >= 0.6 is 0 Å². The van der Waals surface area contributed by atoms with Crippen molar-refractivity contribution in [3.05, 3.63) is 72.3 Å². The second kappa shape index (κ2) is 6.16. The molecule has 24 heavy (non-hydrogen) atoms. The van der Waals surface area contributed by atoms with E-state index in [0.29, 0.717) is 12.5 Å². The smallest absolute Gasteiger partial charge is 0.407 e. The van der Waals surface area contributed by atoms with Crippen molar-refractivity contribution in [1.82, 2.24) is 5.32 Å². The Balaban J connectivity index is 1.48. The molecular weight excluding hydrogens is 298 g/mol. The average molecular weight is 319 g/mol. The van der Waals surface area contributed by atoms with E-state index in [1.54, 1.807) is 6.08 Å². The highest BCUT2D eigenvalue weighted by Crippen LogP contribution is 2.44. The van der Waals surface area contributed by atoms with Gasteiger partial charge in [0, 0.05) is 5.92 Å². The Bertz CT molecular complexity index is 733. The number of alkyl carbamates (subject to hydrolysis) is 1. The standard InChI is InChI=1S/C21H21NO2/c1-2-20(14-11-12-14)22-21(23)24-13-19-17-9-5-3-7-15(17)16-8-4-6-10-18(16)19/h2-10,14,19-20H,1,11-13H2,(H,22,23). The molecule has 0 aromatic heterocycles. The van der Waals surface area contributed by atoms with E-state index in [-0.39, 0.29) is 18.1 Å². The summed E-state index contributed by atoms with van der Waals surface area (Å²) in [6.45, 7) is 4.16. The molecule has 1 saturated carbocycles. The quantitative estimate of drug-likeness (QED) is 0.825. The Kier molecular flexibility index (Phi) is 3.85. The number of fused-ring (bicyclic) bond motifs is 3. The minimum absolute atomic E-state index is 0.0284. The second-order valence-electron chi connectivity index (χ2n) is 6.57. The summed E-state index contributed by atoms with van der Waals surface area (Å²) in [5.41, 5.74) is 4.94. The van der Waals surface area contributed by atoms with Crippen molar-refractivity contribution >= 4 is 6.09 Å². The summed E-state index contributed by atoms with van der Waals surface area (Å²) < 4.78 is 5.55. The van der Waals surface area contributed by atoms with Crippen molar-refractivity contribution in [2.75, 3.05) is 6.61 Å². The third-order valence-electron chi connectivity index (χ3n) is 5.01. The molecule has 0 radical (unpaired) electrons. The van der Waals surface area contributed by atoms with Gasteiger partial charge >= 0.3 is 6.09 Å². The van der Waals surface area contributed by atoms with Gasteiger partial charge in [-0.05, 0) is 41.0 Å². The predicted octanol–water partition coefficient (Wildman–Crippen LogP) is 4.49. The van der Waals surface area contributed by atoms with Crippen molar-refractivity contribution in [3.63, 3.8) is 0 Å².